The van der Waals surface area contributed by atoms with E-state index in [0.29, 0.717) is 25.4 Å². The van der Waals surface area contributed by atoms with E-state index >= 15 is 0 Å². The van der Waals surface area contributed by atoms with E-state index in [9.17, 15) is 9.90 Å². The molecular weight excluding hydrogens is 274 g/mol. The average molecular weight is 293 g/mol. The Morgan fingerprint density at radius 2 is 2.35 bits per heavy atom. The van der Waals surface area contributed by atoms with Crippen LogP contribution in [0.15, 0.2) is 24.3 Å². The van der Waals surface area contributed by atoms with Crippen LogP contribution in [0.4, 0.5) is 0 Å². The number of amides is 1. The largest absolute Gasteiger partial charge is 0.493 e. The van der Waals surface area contributed by atoms with Crippen LogP contribution < -0.4 is 4.74 Å². The lowest BCUT2D eigenvalue weighted by Gasteiger charge is -2.37. The maximum absolute atomic E-state index is 12.1. The number of para-hydroxylation sites is 1. The Labute approximate surface area is 123 Å². The van der Waals surface area contributed by atoms with Gasteiger partial charge in [0.1, 0.15) is 5.75 Å². The molecule has 2 heterocycles. The van der Waals surface area contributed by atoms with Gasteiger partial charge in [0.2, 0.25) is 5.91 Å². The van der Waals surface area contributed by atoms with Gasteiger partial charge in [-0.05, 0) is 17.9 Å². The van der Waals surface area contributed by atoms with Crippen molar-refractivity contribution in [2.24, 2.45) is 5.41 Å². The van der Waals surface area contributed by atoms with Gasteiger partial charge in [0.15, 0.2) is 0 Å². The van der Waals surface area contributed by atoms with Crippen LogP contribution in [0.2, 0.25) is 0 Å². The van der Waals surface area contributed by atoms with E-state index in [4.69, 9.17) is 4.74 Å². The quantitative estimate of drug-likeness (QED) is 0.914. The summed E-state index contributed by atoms with van der Waals surface area (Å²) in [5.41, 5.74) is 0.773. The second-order valence-corrected chi connectivity index (χ2v) is 6.47. The molecule has 2 aliphatic heterocycles. The number of rotatable bonds is 3. The Balaban J connectivity index is 1.91. The lowest BCUT2D eigenvalue weighted by Crippen LogP contribution is -2.42. The first-order valence-electron chi connectivity index (χ1n) is 6.79. The van der Waals surface area contributed by atoms with Crippen molar-refractivity contribution >= 4 is 17.7 Å². The number of thioether (sulfide) groups is 1. The minimum Gasteiger partial charge on any atom is -0.493 e. The molecule has 0 aromatic heterocycles. The number of likely N-dealkylation sites (tertiary alicyclic amines) is 1. The Hall–Kier alpha value is -1.20. The molecule has 5 heteroatoms. The van der Waals surface area contributed by atoms with Gasteiger partial charge in [-0.2, -0.15) is 11.8 Å². The molecule has 2 atom stereocenters. The van der Waals surface area contributed by atoms with Crippen LogP contribution in [0.5, 0.6) is 5.75 Å². The van der Waals surface area contributed by atoms with E-state index in [0.717, 1.165) is 11.3 Å². The number of benzene rings is 1. The maximum Gasteiger partial charge on any atom is 0.232 e. The second kappa shape index (κ2) is 5.30. The van der Waals surface area contributed by atoms with E-state index in [2.05, 4.69) is 0 Å². The first-order chi connectivity index (χ1) is 9.70. The van der Waals surface area contributed by atoms with Crippen molar-refractivity contribution in [3.8, 4) is 5.75 Å². The molecule has 2 aliphatic rings. The van der Waals surface area contributed by atoms with Crippen LogP contribution in [0.25, 0.3) is 0 Å². The molecule has 1 N–H and O–H groups in total. The predicted octanol–water partition coefficient (Wildman–Crippen LogP) is 1.35. The predicted molar refractivity (Wildman–Crippen MR) is 79.2 cm³/mol. The van der Waals surface area contributed by atoms with Gasteiger partial charge in [-0.3, -0.25) is 4.79 Å². The molecule has 0 unspecified atom stereocenters. The molecule has 0 spiro atoms. The standard InChI is InChI=1S/C15H19NO3S/c1-20-7-14(18)16-6-12-11-4-2-3-5-13(11)19-10-15(12,8-16)9-17/h2-5,12,17H,6-10H2,1H3/t12-,15-/m1/s1. The highest BCUT2D eigenvalue weighted by Crippen LogP contribution is 2.49. The normalized spacial score (nSPS) is 27.7. The van der Waals surface area contributed by atoms with Crippen molar-refractivity contribution in [3.05, 3.63) is 29.8 Å². The fourth-order valence-corrected chi connectivity index (χ4v) is 3.70. The Morgan fingerprint density at radius 3 is 3.10 bits per heavy atom. The molecule has 0 saturated carbocycles. The first kappa shape index (κ1) is 13.8. The van der Waals surface area contributed by atoms with Gasteiger partial charge in [0, 0.05) is 19.0 Å². The van der Waals surface area contributed by atoms with Gasteiger partial charge in [0.05, 0.1) is 24.4 Å². The van der Waals surface area contributed by atoms with Crippen molar-refractivity contribution in [1.29, 1.82) is 0 Å². The summed E-state index contributed by atoms with van der Waals surface area (Å²) in [6.45, 7) is 1.80. The van der Waals surface area contributed by atoms with Crippen LogP contribution in [0.3, 0.4) is 0 Å². The van der Waals surface area contributed by atoms with E-state index < -0.39 is 0 Å². The zero-order valence-electron chi connectivity index (χ0n) is 11.5. The SMILES string of the molecule is CSCC(=O)N1C[C@@H]2c3ccccc3OC[C@]2(CO)C1. The van der Waals surface area contributed by atoms with Crippen molar-refractivity contribution in [3.63, 3.8) is 0 Å². The van der Waals surface area contributed by atoms with Gasteiger partial charge in [-0.1, -0.05) is 18.2 Å². The highest BCUT2D eigenvalue weighted by atomic mass is 32.2. The third kappa shape index (κ3) is 2.09. The molecule has 3 rings (SSSR count). The summed E-state index contributed by atoms with van der Waals surface area (Å²) in [6.07, 6.45) is 1.93. The second-order valence-electron chi connectivity index (χ2n) is 5.61. The van der Waals surface area contributed by atoms with Crippen molar-refractivity contribution < 1.29 is 14.6 Å². The molecule has 108 valence electrons. The number of carbonyl (C=O) groups is 1. The molecule has 4 nitrogen and oxygen atoms in total. The summed E-state index contributed by atoms with van der Waals surface area (Å²) in [4.78, 5) is 14.0. The lowest BCUT2D eigenvalue weighted by atomic mass is 9.74. The van der Waals surface area contributed by atoms with Crippen LogP contribution in [-0.4, -0.2) is 54.2 Å². The average Bonchev–Trinajstić information content (AvgIpc) is 2.88. The summed E-state index contributed by atoms with van der Waals surface area (Å²) in [5, 5.41) is 9.88. The minimum absolute atomic E-state index is 0.0506. The molecule has 1 fully saturated rings. The number of ether oxygens (including phenoxy) is 1. The number of hydrogen-bond acceptors (Lipinski definition) is 4. The number of aliphatic hydroxyl groups excluding tert-OH is 1. The summed E-state index contributed by atoms with van der Waals surface area (Å²) < 4.78 is 5.82. The summed E-state index contributed by atoms with van der Waals surface area (Å²) in [6, 6.07) is 7.95. The highest BCUT2D eigenvalue weighted by molar-refractivity contribution is 7.99. The van der Waals surface area contributed by atoms with E-state index in [1.165, 1.54) is 11.8 Å². The topological polar surface area (TPSA) is 49.8 Å². The van der Waals surface area contributed by atoms with Crippen molar-refractivity contribution in [2.45, 2.75) is 5.92 Å². The number of carbonyl (C=O) groups excluding carboxylic acids is 1. The highest BCUT2D eigenvalue weighted by Gasteiger charge is 2.51. The molecule has 1 aromatic carbocycles. The first-order valence-corrected chi connectivity index (χ1v) is 8.19. The van der Waals surface area contributed by atoms with Crippen LogP contribution in [0, 0.1) is 5.41 Å². The van der Waals surface area contributed by atoms with Crippen LogP contribution in [0.1, 0.15) is 11.5 Å². The van der Waals surface area contributed by atoms with E-state index in [1.54, 1.807) is 0 Å². The maximum atomic E-state index is 12.1. The zero-order chi connectivity index (χ0) is 14.2. The van der Waals surface area contributed by atoms with Crippen molar-refractivity contribution in [1.82, 2.24) is 4.90 Å². The third-order valence-electron chi connectivity index (χ3n) is 4.39. The Kier molecular flexibility index (Phi) is 3.65. The van der Waals surface area contributed by atoms with Crippen molar-refractivity contribution in [2.75, 3.05) is 38.3 Å². The fourth-order valence-electron chi connectivity index (χ4n) is 3.28. The monoisotopic (exact) mass is 293 g/mol. The Bertz CT molecular complexity index is 522. The molecular formula is C15H19NO3S. The van der Waals surface area contributed by atoms with Crippen LogP contribution in [-0.2, 0) is 4.79 Å². The van der Waals surface area contributed by atoms with E-state index in [-0.39, 0.29) is 23.8 Å². The molecule has 0 bridgehead atoms. The molecule has 1 aromatic rings. The lowest BCUT2D eigenvalue weighted by molar-refractivity contribution is -0.127. The fraction of sp³-hybridized carbons (Fsp3) is 0.533. The summed E-state index contributed by atoms with van der Waals surface area (Å²) in [7, 11) is 0. The smallest absolute Gasteiger partial charge is 0.232 e. The molecule has 1 saturated heterocycles. The number of aliphatic hydroxyl groups is 1. The van der Waals surface area contributed by atoms with Gasteiger partial charge in [0.25, 0.3) is 0 Å². The minimum atomic E-state index is -0.345. The van der Waals surface area contributed by atoms with Gasteiger partial charge in [-0.15, -0.1) is 0 Å². The number of hydrogen-bond donors (Lipinski definition) is 1. The molecule has 1 amide bonds. The van der Waals surface area contributed by atoms with Gasteiger partial charge >= 0.3 is 0 Å². The number of fused-ring (bicyclic) bond motifs is 3. The van der Waals surface area contributed by atoms with Crippen LogP contribution >= 0.6 is 11.8 Å². The number of nitrogens with zero attached hydrogens (tertiary/aromatic N) is 1. The van der Waals surface area contributed by atoms with Gasteiger partial charge < -0.3 is 14.7 Å². The van der Waals surface area contributed by atoms with E-state index in [1.807, 2.05) is 35.4 Å². The molecule has 0 radical (unpaired) electrons. The summed E-state index contributed by atoms with van der Waals surface area (Å²) >= 11 is 1.54. The zero-order valence-corrected chi connectivity index (χ0v) is 12.4. The third-order valence-corrected chi connectivity index (χ3v) is 4.93. The van der Waals surface area contributed by atoms with Gasteiger partial charge in [-0.25, -0.2) is 0 Å². The Morgan fingerprint density at radius 1 is 1.55 bits per heavy atom. The molecule has 0 aliphatic carbocycles. The summed E-state index contributed by atoms with van der Waals surface area (Å²) in [5.74, 6) is 1.71. The molecule has 20 heavy (non-hydrogen) atoms.